The number of rotatable bonds is 3. The highest BCUT2D eigenvalue weighted by Gasteiger charge is 2.25. The summed E-state index contributed by atoms with van der Waals surface area (Å²) < 4.78 is 2.07. The van der Waals surface area contributed by atoms with E-state index in [1.54, 1.807) is 0 Å². The van der Waals surface area contributed by atoms with Crippen molar-refractivity contribution in [1.29, 1.82) is 0 Å². The quantitative estimate of drug-likeness (QED) is 0.882. The SMILES string of the molecule is Cc1nn(C(C)C)c(C)c1CN1C[C@@H](N)C[C@@H](O)C1.Cl.Cl. The van der Waals surface area contributed by atoms with Gasteiger partial charge in [0.1, 0.15) is 0 Å². The molecule has 0 unspecified atom stereocenters. The molecule has 1 saturated heterocycles. The normalized spacial score (nSPS) is 22.8. The third-order valence-corrected chi connectivity index (χ3v) is 3.88. The molecule has 1 aliphatic heterocycles. The van der Waals surface area contributed by atoms with Crippen molar-refractivity contribution < 1.29 is 5.11 Å². The molecule has 2 rings (SSSR count). The zero-order valence-electron chi connectivity index (χ0n) is 13.2. The molecule has 1 fully saturated rings. The topological polar surface area (TPSA) is 67.3 Å². The van der Waals surface area contributed by atoms with Crippen molar-refractivity contribution in [2.75, 3.05) is 13.1 Å². The Morgan fingerprint density at radius 1 is 1.29 bits per heavy atom. The van der Waals surface area contributed by atoms with E-state index in [0.29, 0.717) is 19.0 Å². The van der Waals surface area contributed by atoms with Crippen LogP contribution in [0.5, 0.6) is 0 Å². The van der Waals surface area contributed by atoms with Gasteiger partial charge in [0.15, 0.2) is 0 Å². The lowest BCUT2D eigenvalue weighted by atomic mass is 10.0. The third kappa shape index (κ3) is 4.83. The number of aromatic nitrogens is 2. The lowest BCUT2D eigenvalue weighted by Gasteiger charge is -2.34. The van der Waals surface area contributed by atoms with E-state index < -0.39 is 0 Å². The molecule has 1 aliphatic rings. The van der Waals surface area contributed by atoms with E-state index in [4.69, 9.17) is 5.73 Å². The van der Waals surface area contributed by atoms with Crippen molar-refractivity contribution in [3.05, 3.63) is 17.0 Å². The van der Waals surface area contributed by atoms with Gasteiger partial charge in [-0.15, -0.1) is 24.8 Å². The fourth-order valence-corrected chi connectivity index (χ4v) is 2.98. The molecule has 7 heteroatoms. The van der Waals surface area contributed by atoms with Gasteiger partial charge in [0.25, 0.3) is 0 Å². The number of nitrogens with zero attached hydrogens (tertiary/aromatic N) is 3. The minimum Gasteiger partial charge on any atom is -0.392 e. The molecule has 1 aromatic rings. The molecule has 2 atom stereocenters. The lowest BCUT2D eigenvalue weighted by Crippen LogP contribution is -2.48. The van der Waals surface area contributed by atoms with Crippen LogP contribution < -0.4 is 5.73 Å². The molecule has 0 radical (unpaired) electrons. The average molecular weight is 339 g/mol. The van der Waals surface area contributed by atoms with Gasteiger partial charge in [0.2, 0.25) is 0 Å². The van der Waals surface area contributed by atoms with Crippen LogP contribution in [0.3, 0.4) is 0 Å². The maximum Gasteiger partial charge on any atom is 0.0682 e. The number of halogens is 2. The number of aryl methyl sites for hydroxylation is 1. The van der Waals surface area contributed by atoms with Gasteiger partial charge >= 0.3 is 0 Å². The Morgan fingerprint density at radius 2 is 1.90 bits per heavy atom. The number of aliphatic hydroxyl groups excluding tert-OH is 1. The Balaban J connectivity index is 0.00000200. The minimum absolute atomic E-state index is 0. The molecule has 0 saturated carbocycles. The molecular weight excluding hydrogens is 311 g/mol. The van der Waals surface area contributed by atoms with Gasteiger partial charge in [-0.2, -0.15) is 5.10 Å². The summed E-state index contributed by atoms with van der Waals surface area (Å²) in [7, 11) is 0. The second-order valence-corrected chi connectivity index (χ2v) is 6.03. The summed E-state index contributed by atoms with van der Waals surface area (Å²) in [6.45, 7) is 10.8. The maximum atomic E-state index is 9.82. The number of likely N-dealkylation sites (tertiary alicyclic amines) is 1. The highest BCUT2D eigenvalue weighted by molar-refractivity contribution is 5.85. The Bertz CT molecular complexity index is 440. The molecule has 21 heavy (non-hydrogen) atoms. The molecule has 2 heterocycles. The summed E-state index contributed by atoms with van der Waals surface area (Å²) >= 11 is 0. The van der Waals surface area contributed by atoms with Gasteiger partial charge in [-0.3, -0.25) is 9.58 Å². The van der Waals surface area contributed by atoms with Gasteiger partial charge in [0.05, 0.1) is 11.8 Å². The smallest absolute Gasteiger partial charge is 0.0682 e. The molecule has 3 N–H and O–H groups in total. The van der Waals surface area contributed by atoms with E-state index in [2.05, 4.69) is 42.4 Å². The van der Waals surface area contributed by atoms with Crippen LogP contribution in [0, 0.1) is 13.8 Å². The number of hydrogen-bond acceptors (Lipinski definition) is 4. The molecule has 124 valence electrons. The largest absolute Gasteiger partial charge is 0.392 e. The zero-order valence-corrected chi connectivity index (χ0v) is 14.9. The number of β-amino-alcohol motifs (C(OH)–C–C–N with tert-alkyl or cyclic N) is 1. The molecule has 1 aromatic heterocycles. The van der Waals surface area contributed by atoms with E-state index in [0.717, 1.165) is 18.8 Å². The van der Waals surface area contributed by atoms with E-state index in [1.807, 2.05) is 0 Å². The zero-order chi connectivity index (χ0) is 14.2. The summed E-state index contributed by atoms with van der Waals surface area (Å²) in [4.78, 5) is 2.24. The van der Waals surface area contributed by atoms with Crippen LogP contribution in [0.2, 0.25) is 0 Å². The van der Waals surface area contributed by atoms with Crippen LogP contribution in [0.1, 0.15) is 43.3 Å². The van der Waals surface area contributed by atoms with Gasteiger partial charge in [-0.25, -0.2) is 0 Å². The molecule has 0 aliphatic carbocycles. The Hall–Kier alpha value is -0.330. The van der Waals surface area contributed by atoms with Crippen LogP contribution >= 0.6 is 24.8 Å². The number of hydrogen-bond donors (Lipinski definition) is 2. The number of aliphatic hydroxyl groups is 1. The molecule has 0 amide bonds. The van der Waals surface area contributed by atoms with E-state index >= 15 is 0 Å². The number of nitrogens with two attached hydrogens (primary N) is 1. The highest BCUT2D eigenvalue weighted by atomic mass is 35.5. The predicted molar refractivity (Wildman–Crippen MR) is 90.5 cm³/mol. The first-order chi connectivity index (χ1) is 8.88. The van der Waals surface area contributed by atoms with Crippen LogP contribution in [-0.2, 0) is 6.54 Å². The Labute approximate surface area is 139 Å². The molecule has 0 aromatic carbocycles. The highest BCUT2D eigenvalue weighted by Crippen LogP contribution is 2.21. The van der Waals surface area contributed by atoms with Gasteiger partial charge in [0, 0.05) is 43.0 Å². The fourth-order valence-electron chi connectivity index (χ4n) is 2.98. The Morgan fingerprint density at radius 3 is 2.38 bits per heavy atom. The van der Waals surface area contributed by atoms with Crippen LogP contribution in [0.25, 0.3) is 0 Å². The molecule has 5 nitrogen and oxygen atoms in total. The van der Waals surface area contributed by atoms with Gasteiger partial charge in [-0.1, -0.05) is 0 Å². The van der Waals surface area contributed by atoms with Crippen molar-refractivity contribution in [1.82, 2.24) is 14.7 Å². The third-order valence-electron chi connectivity index (χ3n) is 3.88. The average Bonchev–Trinajstić information content (AvgIpc) is 2.56. The van der Waals surface area contributed by atoms with Gasteiger partial charge < -0.3 is 10.8 Å². The minimum atomic E-state index is -0.301. The molecule has 0 bridgehead atoms. The summed E-state index contributed by atoms with van der Waals surface area (Å²) in [5, 5.41) is 14.4. The summed E-state index contributed by atoms with van der Waals surface area (Å²) in [6.07, 6.45) is 0.407. The van der Waals surface area contributed by atoms with Gasteiger partial charge in [-0.05, 0) is 34.1 Å². The summed E-state index contributed by atoms with van der Waals surface area (Å²) in [5.41, 5.74) is 9.56. The van der Waals surface area contributed by atoms with Crippen LogP contribution in [-0.4, -0.2) is 45.0 Å². The Kier molecular flexibility index (Phi) is 8.21. The summed E-state index contributed by atoms with van der Waals surface area (Å²) in [6, 6.07) is 0.450. The van der Waals surface area contributed by atoms with Crippen molar-refractivity contribution in [3.8, 4) is 0 Å². The van der Waals surface area contributed by atoms with Crippen molar-refractivity contribution in [2.45, 2.75) is 58.8 Å². The number of piperidine rings is 1. The predicted octanol–water partition coefficient (Wildman–Crippen LogP) is 1.82. The van der Waals surface area contributed by atoms with E-state index in [-0.39, 0.29) is 37.0 Å². The summed E-state index contributed by atoms with van der Waals surface area (Å²) in [5.74, 6) is 0. The van der Waals surface area contributed by atoms with Crippen molar-refractivity contribution in [3.63, 3.8) is 0 Å². The monoisotopic (exact) mass is 338 g/mol. The lowest BCUT2D eigenvalue weighted by molar-refractivity contribution is 0.0562. The fraction of sp³-hybridized carbons (Fsp3) is 0.786. The van der Waals surface area contributed by atoms with Crippen LogP contribution in [0.15, 0.2) is 0 Å². The first kappa shape index (κ1) is 20.7. The first-order valence-corrected chi connectivity index (χ1v) is 7.09. The standard InChI is InChI=1S/C14H26N4O.2ClH/c1-9(2)18-11(4)14(10(3)16-18)8-17-6-12(15)5-13(19)7-17;;/h9,12-13,19H,5-8,15H2,1-4H3;2*1H/t12-,13+;;/m0../s1. The maximum absolute atomic E-state index is 9.82. The van der Waals surface area contributed by atoms with Crippen molar-refractivity contribution in [2.24, 2.45) is 5.73 Å². The second kappa shape index (κ2) is 8.34. The van der Waals surface area contributed by atoms with Crippen molar-refractivity contribution >= 4 is 24.8 Å². The van der Waals surface area contributed by atoms with E-state index in [1.165, 1.54) is 11.3 Å². The first-order valence-electron chi connectivity index (χ1n) is 7.09. The molecular formula is C14H28Cl2N4O. The van der Waals surface area contributed by atoms with E-state index in [9.17, 15) is 5.11 Å². The van der Waals surface area contributed by atoms with Crippen LogP contribution in [0.4, 0.5) is 0 Å². The molecule has 0 spiro atoms. The second-order valence-electron chi connectivity index (χ2n) is 6.03.